The number of likely N-dealkylation sites (N-methyl/N-ethyl adjacent to an activating group) is 1. The Bertz CT molecular complexity index is 341. The monoisotopic (exact) mass is 258 g/mol. The molecule has 0 amide bonds. The van der Waals surface area contributed by atoms with E-state index in [2.05, 4.69) is 30.8 Å². The highest BCUT2D eigenvalue weighted by molar-refractivity contribution is 7.11. The predicted octanol–water partition coefficient (Wildman–Crippen LogP) is 1.76. The number of aliphatic hydroxyl groups excluding tert-OH is 1. The topological polar surface area (TPSA) is 45.6 Å². The van der Waals surface area contributed by atoms with Crippen molar-refractivity contribution in [3.05, 3.63) is 15.6 Å². The first kappa shape index (κ1) is 14.6. The highest BCUT2D eigenvalue weighted by atomic mass is 32.1. The van der Waals surface area contributed by atoms with Gasteiger partial charge in [0.15, 0.2) is 0 Å². The average Bonchev–Trinajstić information content (AvgIpc) is 2.62. The van der Waals surface area contributed by atoms with Gasteiger partial charge < -0.3 is 9.84 Å². The lowest BCUT2D eigenvalue weighted by atomic mass is 10.2. The van der Waals surface area contributed by atoms with Gasteiger partial charge in [-0.05, 0) is 27.8 Å². The molecule has 1 aromatic heterocycles. The molecule has 5 heteroatoms. The van der Waals surface area contributed by atoms with Crippen LogP contribution in [0.4, 0.5) is 0 Å². The molecular weight excluding hydrogens is 236 g/mol. The van der Waals surface area contributed by atoms with Gasteiger partial charge in [-0.2, -0.15) is 0 Å². The number of ether oxygens (including phenoxy) is 1. The van der Waals surface area contributed by atoms with Gasteiger partial charge in [-0.25, -0.2) is 4.98 Å². The van der Waals surface area contributed by atoms with Crippen LogP contribution >= 0.6 is 11.3 Å². The minimum atomic E-state index is 0.0897. The molecule has 1 unspecified atom stereocenters. The van der Waals surface area contributed by atoms with Crippen molar-refractivity contribution >= 4 is 11.3 Å². The highest BCUT2D eigenvalue weighted by Gasteiger charge is 2.16. The van der Waals surface area contributed by atoms with Gasteiger partial charge in [-0.15, -0.1) is 11.3 Å². The fourth-order valence-corrected chi connectivity index (χ4v) is 2.75. The first-order valence-electron chi connectivity index (χ1n) is 5.89. The number of aromatic nitrogens is 1. The van der Waals surface area contributed by atoms with Crippen LogP contribution in [0.5, 0.6) is 0 Å². The summed E-state index contributed by atoms with van der Waals surface area (Å²) in [5.74, 6) is 0. The molecule has 17 heavy (non-hydrogen) atoms. The number of hydrogen-bond donors (Lipinski definition) is 1. The standard InChI is InChI=1S/C12H22N2O2S/c1-9-12(17-11(3)13-9)10(2)14(4)5-7-16-8-6-15/h10,15H,5-8H2,1-4H3. The Morgan fingerprint density at radius 1 is 1.41 bits per heavy atom. The van der Waals surface area contributed by atoms with E-state index < -0.39 is 0 Å². The Kier molecular flexibility index (Phi) is 6.05. The van der Waals surface area contributed by atoms with Gasteiger partial charge in [0, 0.05) is 17.5 Å². The molecule has 0 aliphatic carbocycles. The molecular formula is C12H22N2O2S. The first-order valence-corrected chi connectivity index (χ1v) is 6.70. The largest absolute Gasteiger partial charge is 0.394 e. The third-order valence-electron chi connectivity index (χ3n) is 2.80. The van der Waals surface area contributed by atoms with Crippen molar-refractivity contribution in [2.45, 2.75) is 26.8 Å². The van der Waals surface area contributed by atoms with Gasteiger partial charge in [0.05, 0.1) is 30.5 Å². The summed E-state index contributed by atoms with van der Waals surface area (Å²) in [5.41, 5.74) is 1.13. The number of thiazole rings is 1. The molecule has 4 nitrogen and oxygen atoms in total. The van der Waals surface area contributed by atoms with E-state index in [4.69, 9.17) is 9.84 Å². The number of rotatable bonds is 7. The number of aryl methyl sites for hydroxylation is 2. The smallest absolute Gasteiger partial charge is 0.0900 e. The van der Waals surface area contributed by atoms with Crippen molar-refractivity contribution in [2.24, 2.45) is 0 Å². The molecule has 0 fully saturated rings. The molecule has 0 saturated heterocycles. The van der Waals surface area contributed by atoms with Crippen molar-refractivity contribution < 1.29 is 9.84 Å². The average molecular weight is 258 g/mol. The lowest BCUT2D eigenvalue weighted by Crippen LogP contribution is -2.26. The van der Waals surface area contributed by atoms with E-state index in [9.17, 15) is 0 Å². The van der Waals surface area contributed by atoms with E-state index in [0.717, 1.165) is 17.2 Å². The Morgan fingerprint density at radius 2 is 2.12 bits per heavy atom. The summed E-state index contributed by atoms with van der Waals surface area (Å²) in [5, 5.41) is 9.73. The third kappa shape index (κ3) is 4.35. The Hall–Kier alpha value is -0.490. The van der Waals surface area contributed by atoms with Crippen molar-refractivity contribution in [1.29, 1.82) is 0 Å². The van der Waals surface area contributed by atoms with Crippen molar-refractivity contribution in [2.75, 3.05) is 33.4 Å². The second-order valence-electron chi connectivity index (χ2n) is 4.18. The van der Waals surface area contributed by atoms with Crippen LogP contribution < -0.4 is 0 Å². The Balaban J connectivity index is 2.46. The van der Waals surface area contributed by atoms with Crippen LogP contribution in [0.1, 0.15) is 28.5 Å². The quantitative estimate of drug-likeness (QED) is 0.757. The van der Waals surface area contributed by atoms with E-state index in [0.29, 0.717) is 19.3 Å². The van der Waals surface area contributed by atoms with Crippen LogP contribution in [-0.2, 0) is 4.74 Å². The number of nitrogens with zero attached hydrogens (tertiary/aromatic N) is 2. The normalized spacial score (nSPS) is 13.3. The summed E-state index contributed by atoms with van der Waals surface area (Å²) in [4.78, 5) is 8.03. The maximum Gasteiger partial charge on any atom is 0.0900 e. The third-order valence-corrected chi connectivity index (χ3v) is 4.05. The zero-order valence-electron chi connectivity index (χ0n) is 11.1. The fraction of sp³-hybridized carbons (Fsp3) is 0.750. The molecule has 1 N–H and O–H groups in total. The molecule has 98 valence electrons. The van der Waals surface area contributed by atoms with E-state index in [-0.39, 0.29) is 6.61 Å². The van der Waals surface area contributed by atoms with E-state index >= 15 is 0 Å². The SMILES string of the molecule is Cc1nc(C)c(C(C)N(C)CCOCCO)s1. The lowest BCUT2D eigenvalue weighted by molar-refractivity contribution is 0.0721. The summed E-state index contributed by atoms with van der Waals surface area (Å²) in [6.07, 6.45) is 0. The van der Waals surface area contributed by atoms with E-state index in [1.165, 1.54) is 4.88 Å². The zero-order valence-corrected chi connectivity index (χ0v) is 11.9. The first-order chi connectivity index (χ1) is 8.06. The molecule has 0 radical (unpaired) electrons. The zero-order chi connectivity index (χ0) is 12.8. The summed E-state index contributed by atoms with van der Waals surface area (Å²) >= 11 is 1.76. The highest BCUT2D eigenvalue weighted by Crippen LogP contribution is 2.27. The second-order valence-corrected chi connectivity index (χ2v) is 5.41. The van der Waals surface area contributed by atoms with Gasteiger partial charge >= 0.3 is 0 Å². The lowest BCUT2D eigenvalue weighted by Gasteiger charge is -2.23. The number of hydrogen-bond acceptors (Lipinski definition) is 5. The van der Waals surface area contributed by atoms with Crippen LogP contribution in [-0.4, -0.2) is 48.4 Å². The predicted molar refractivity (Wildman–Crippen MR) is 70.5 cm³/mol. The Morgan fingerprint density at radius 3 is 2.65 bits per heavy atom. The van der Waals surface area contributed by atoms with Crippen molar-refractivity contribution in [3.8, 4) is 0 Å². The summed E-state index contributed by atoms with van der Waals surface area (Å²) in [6, 6.07) is 0.360. The van der Waals surface area contributed by atoms with E-state index in [1.807, 2.05) is 6.92 Å². The second kappa shape index (κ2) is 7.06. The van der Waals surface area contributed by atoms with Crippen LogP contribution in [0, 0.1) is 13.8 Å². The van der Waals surface area contributed by atoms with Gasteiger partial charge in [0.2, 0.25) is 0 Å². The maximum absolute atomic E-state index is 8.61. The minimum Gasteiger partial charge on any atom is -0.394 e. The molecule has 0 aromatic carbocycles. The molecule has 0 saturated carbocycles. The maximum atomic E-state index is 8.61. The van der Waals surface area contributed by atoms with Crippen LogP contribution in [0.15, 0.2) is 0 Å². The molecule has 1 atom stereocenters. The summed E-state index contributed by atoms with van der Waals surface area (Å²) < 4.78 is 5.27. The molecule has 1 heterocycles. The molecule has 0 bridgehead atoms. The van der Waals surface area contributed by atoms with Gasteiger partial charge in [-0.3, -0.25) is 4.90 Å². The van der Waals surface area contributed by atoms with Gasteiger partial charge in [-0.1, -0.05) is 0 Å². The van der Waals surface area contributed by atoms with Crippen molar-refractivity contribution in [3.63, 3.8) is 0 Å². The van der Waals surface area contributed by atoms with Crippen LogP contribution in [0.2, 0.25) is 0 Å². The van der Waals surface area contributed by atoms with Crippen LogP contribution in [0.25, 0.3) is 0 Å². The number of aliphatic hydroxyl groups is 1. The Labute approximate surface area is 107 Å². The minimum absolute atomic E-state index is 0.0897. The van der Waals surface area contributed by atoms with Gasteiger partial charge in [0.25, 0.3) is 0 Å². The fourth-order valence-electron chi connectivity index (χ4n) is 1.70. The molecule has 1 rings (SSSR count). The van der Waals surface area contributed by atoms with Gasteiger partial charge in [0.1, 0.15) is 0 Å². The van der Waals surface area contributed by atoms with E-state index in [1.54, 1.807) is 11.3 Å². The molecule has 0 aliphatic rings. The summed E-state index contributed by atoms with van der Waals surface area (Å²) in [7, 11) is 2.08. The molecule has 0 spiro atoms. The molecule has 0 aliphatic heterocycles. The van der Waals surface area contributed by atoms with Crippen LogP contribution in [0.3, 0.4) is 0 Å². The molecule has 1 aromatic rings. The van der Waals surface area contributed by atoms with Crippen molar-refractivity contribution in [1.82, 2.24) is 9.88 Å². The summed E-state index contributed by atoms with van der Waals surface area (Å²) in [6.45, 7) is 8.30.